The number of hydrogen-bond acceptors (Lipinski definition) is 5. The average Bonchev–Trinajstić information content (AvgIpc) is 2.60. The standard InChI is InChI=1S/C8H11N5O/c1-5(14)6(9)7-11-12-8-10-3-2-4-13(7)8/h2-6,14H,9H2,1H3. The van der Waals surface area contributed by atoms with E-state index in [-0.39, 0.29) is 0 Å². The van der Waals surface area contributed by atoms with Gasteiger partial charge in [0, 0.05) is 12.4 Å². The second kappa shape index (κ2) is 3.32. The van der Waals surface area contributed by atoms with Crippen LogP contribution in [0.25, 0.3) is 5.78 Å². The Morgan fingerprint density at radius 3 is 3.00 bits per heavy atom. The molecule has 0 saturated carbocycles. The molecular weight excluding hydrogens is 182 g/mol. The van der Waals surface area contributed by atoms with Crippen LogP contribution in [0, 0.1) is 0 Å². The number of aromatic nitrogens is 4. The van der Waals surface area contributed by atoms with Crippen molar-refractivity contribution in [3.8, 4) is 0 Å². The summed E-state index contributed by atoms with van der Waals surface area (Å²) in [6, 6.07) is 1.21. The molecule has 6 heteroatoms. The second-order valence-electron chi connectivity index (χ2n) is 3.11. The molecule has 0 aromatic carbocycles. The predicted octanol–water partition coefficient (Wildman–Crippen LogP) is -0.495. The van der Waals surface area contributed by atoms with Crippen LogP contribution in [0.4, 0.5) is 0 Å². The van der Waals surface area contributed by atoms with Crippen molar-refractivity contribution in [2.75, 3.05) is 0 Å². The normalized spacial score (nSPS) is 15.6. The van der Waals surface area contributed by atoms with Crippen LogP contribution in [0.2, 0.25) is 0 Å². The minimum Gasteiger partial charge on any atom is -0.391 e. The monoisotopic (exact) mass is 193 g/mol. The fourth-order valence-corrected chi connectivity index (χ4v) is 1.20. The van der Waals surface area contributed by atoms with Crippen LogP contribution in [-0.4, -0.2) is 30.8 Å². The summed E-state index contributed by atoms with van der Waals surface area (Å²) in [5.41, 5.74) is 5.75. The number of aliphatic hydroxyl groups excluding tert-OH is 1. The summed E-state index contributed by atoms with van der Waals surface area (Å²) >= 11 is 0. The number of rotatable bonds is 2. The van der Waals surface area contributed by atoms with E-state index in [0.717, 1.165) is 0 Å². The van der Waals surface area contributed by atoms with Crippen molar-refractivity contribution in [1.82, 2.24) is 19.6 Å². The molecule has 6 nitrogen and oxygen atoms in total. The first-order valence-corrected chi connectivity index (χ1v) is 4.29. The SMILES string of the molecule is CC(O)C(N)c1nnc2ncccn12. The van der Waals surface area contributed by atoms with E-state index in [4.69, 9.17) is 5.73 Å². The van der Waals surface area contributed by atoms with E-state index < -0.39 is 12.1 Å². The third-order valence-corrected chi connectivity index (χ3v) is 2.03. The number of hydrogen-bond donors (Lipinski definition) is 2. The molecule has 2 aromatic heterocycles. The second-order valence-corrected chi connectivity index (χ2v) is 3.11. The number of aliphatic hydroxyl groups is 1. The number of fused-ring (bicyclic) bond motifs is 1. The van der Waals surface area contributed by atoms with Gasteiger partial charge in [0.2, 0.25) is 0 Å². The minimum atomic E-state index is -0.664. The van der Waals surface area contributed by atoms with E-state index in [2.05, 4.69) is 15.2 Å². The van der Waals surface area contributed by atoms with Gasteiger partial charge in [-0.15, -0.1) is 10.2 Å². The number of nitrogens with two attached hydrogens (primary N) is 1. The van der Waals surface area contributed by atoms with Gasteiger partial charge in [-0.05, 0) is 13.0 Å². The quantitative estimate of drug-likeness (QED) is 0.671. The Morgan fingerprint density at radius 2 is 2.29 bits per heavy atom. The third kappa shape index (κ3) is 1.34. The topological polar surface area (TPSA) is 89.3 Å². The minimum absolute atomic E-state index is 0.485. The van der Waals surface area contributed by atoms with Gasteiger partial charge >= 0.3 is 0 Å². The summed E-state index contributed by atoms with van der Waals surface area (Å²) in [5.74, 6) is 1.00. The molecule has 2 unspecified atom stereocenters. The van der Waals surface area contributed by atoms with Crippen molar-refractivity contribution in [1.29, 1.82) is 0 Å². The highest BCUT2D eigenvalue weighted by atomic mass is 16.3. The van der Waals surface area contributed by atoms with Crippen LogP contribution < -0.4 is 5.73 Å². The molecule has 0 aliphatic rings. The molecule has 0 fully saturated rings. The average molecular weight is 193 g/mol. The van der Waals surface area contributed by atoms with Crippen LogP contribution in [0.5, 0.6) is 0 Å². The van der Waals surface area contributed by atoms with E-state index in [0.29, 0.717) is 11.6 Å². The molecule has 74 valence electrons. The lowest BCUT2D eigenvalue weighted by Gasteiger charge is -2.11. The lowest BCUT2D eigenvalue weighted by Crippen LogP contribution is -2.25. The van der Waals surface area contributed by atoms with E-state index >= 15 is 0 Å². The summed E-state index contributed by atoms with van der Waals surface area (Å²) in [6.07, 6.45) is 2.73. The maximum Gasteiger partial charge on any atom is 0.254 e. The van der Waals surface area contributed by atoms with Crippen LogP contribution >= 0.6 is 0 Å². The molecule has 0 aliphatic carbocycles. The molecular formula is C8H11N5O. The van der Waals surface area contributed by atoms with Gasteiger partial charge in [-0.2, -0.15) is 0 Å². The molecule has 0 amide bonds. The summed E-state index contributed by atoms with van der Waals surface area (Å²) in [4.78, 5) is 4.00. The zero-order chi connectivity index (χ0) is 10.1. The van der Waals surface area contributed by atoms with Crippen LogP contribution in [0.1, 0.15) is 18.8 Å². The van der Waals surface area contributed by atoms with Gasteiger partial charge in [-0.1, -0.05) is 0 Å². The van der Waals surface area contributed by atoms with Crippen molar-refractivity contribution in [3.05, 3.63) is 24.3 Å². The highest BCUT2D eigenvalue weighted by Crippen LogP contribution is 2.11. The molecule has 2 heterocycles. The smallest absolute Gasteiger partial charge is 0.254 e. The van der Waals surface area contributed by atoms with Gasteiger partial charge in [0.05, 0.1) is 12.1 Å². The molecule has 2 atom stereocenters. The van der Waals surface area contributed by atoms with E-state index in [9.17, 15) is 5.11 Å². The lowest BCUT2D eigenvalue weighted by molar-refractivity contribution is 0.160. The first-order chi connectivity index (χ1) is 6.70. The molecule has 2 aromatic rings. The summed E-state index contributed by atoms with van der Waals surface area (Å²) in [6.45, 7) is 1.61. The first kappa shape index (κ1) is 9.04. The van der Waals surface area contributed by atoms with Gasteiger partial charge in [-0.3, -0.25) is 4.40 Å². The largest absolute Gasteiger partial charge is 0.391 e. The van der Waals surface area contributed by atoms with Gasteiger partial charge < -0.3 is 10.8 Å². The molecule has 2 rings (SSSR count). The van der Waals surface area contributed by atoms with Crippen molar-refractivity contribution < 1.29 is 5.11 Å². The van der Waals surface area contributed by atoms with Gasteiger partial charge in [0.1, 0.15) is 0 Å². The van der Waals surface area contributed by atoms with E-state index in [1.165, 1.54) is 0 Å². The fourth-order valence-electron chi connectivity index (χ4n) is 1.20. The van der Waals surface area contributed by atoms with Crippen molar-refractivity contribution >= 4 is 5.78 Å². The van der Waals surface area contributed by atoms with Crippen molar-refractivity contribution in [2.45, 2.75) is 19.1 Å². The van der Waals surface area contributed by atoms with E-state index in [1.807, 2.05) is 0 Å². The summed E-state index contributed by atoms with van der Waals surface area (Å²) in [5, 5.41) is 17.0. The van der Waals surface area contributed by atoms with Crippen LogP contribution in [-0.2, 0) is 0 Å². The fraction of sp³-hybridized carbons (Fsp3) is 0.375. The molecule has 3 N–H and O–H groups in total. The third-order valence-electron chi connectivity index (χ3n) is 2.03. The lowest BCUT2D eigenvalue weighted by atomic mass is 10.2. The Morgan fingerprint density at radius 1 is 1.50 bits per heavy atom. The maximum atomic E-state index is 9.33. The molecule has 0 radical (unpaired) electrons. The highest BCUT2D eigenvalue weighted by Gasteiger charge is 2.18. The Kier molecular flexibility index (Phi) is 2.14. The molecule has 0 bridgehead atoms. The predicted molar refractivity (Wildman–Crippen MR) is 49.4 cm³/mol. The van der Waals surface area contributed by atoms with Crippen molar-refractivity contribution in [2.24, 2.45) is 5.73 Å². The number of nitrogens with zero attached hydrogens (tertiary/aromatic N) is 4. The zero-order valence-electron chi connectivity index (χ0n) is 7.70. The molecule has 0 saturated heterocycles. The first-order valence-electron chi connectivity index (χ1n) is 4.29. The Bertz CT molecular complexity index is 438. The van der Waals surface area contributed by atoms with Gasteiger partial charge in [-0.25, -0.2) is 4.98 Å². The Balaban J connectivity index is 2.53. The van der Waals surface area contributed by atoms with Crippen molar-refractivity contribution in [3.63, 3.8) is 0 Å². The van der Waals surface area contributed by atoms with Gasteiger partial charge in [0.25, 0.3) is 5.78 Å². The molecule has 14 heavy (non-hydrogen) atoms. The maximum absolute atomic E-state index is 9.33. The van der Waals surface area contributed by atoms with Crippen LogP contribution in [0.3, 0.4) is 0 Å². The summed E-state index contributed by atoms with van der Waals surface area (Å²) in [7, 11) is 0. The Hall–Kier alpha value is -1.53. The molecule has 0 spiro atoms. The molecule has 0 aliphatic heterocycles. The van der Waals surface area contributed by atoms with E-state index in [1.54, 1.807) is 29.8 Å². The highest BCUT2D eigenvalue weighted by molar-refractivity contribution is 5.27. The Labute approximate surface area is 80.4 Å². The zero-order valence-corrected chi connectivity index (χ0v) is 7.70. The summed E-state index contributed by atoms with van der Waals surface area (Å²) < 4.78 is 1.66. The van der Waals surface area contributed by atoms with Crippen LogP contribution in [0.15, 0.2) is 18.5 Å². The van der Waals surface area contributed by atoms with Gasteiger partial charge in [0.15, 0.2) is 5.82 Å².